The van der Waals surface area contributed by atoms with Gasteiger partial charge in [-0.05, 0) is 71.7 Å². The number of urea groups is 1. The third-order valence-corrected chi connectivity index (χ3v) is 7.29. The van der Waals surface area contributed by atoms with Crippen molar-refractivity contribution in [2.45, 2.75) is 6.42 Å². The van der Waals surface area contributed by atoms with E-state index in [1.54, 1.807) is 66.7 Å². The molecule has 0 radical (unpaired) electrons. The molecule has 1 aliphatic rings. The van der Waals surface area contributed by atoms with E-state index in [2.05, 4.69) is 31.9 Å². The van der Waals surface area contributed by atoms with Gasteiger partial charge in [-0.1, -0.05) is 92.5 Å². The number of carbonyl (C=O) groups is 3. The first kappa shape index (κ1) is 24.9. The molecule has 4 aromatic carbocycles. The molecule has 4 aromatic rings. The number of hydrogen-bond donors (Lipinski definition) is 0. The number of imide groups is 2. The molecular weight excluding hydrogens is 596 g/mol. The number of barbiturate groups is 1. The van der Waals surface area contributed by atoms with Gasteiger partial charge in [-0.15, -0.1) is 0 Å². The molecule has 0 aliphatic carbocycles. The summed E-state index contributed by atoms with van der Waals surface area (Å²) in [4.78, 5) is 43.0. The first-order chi connectivity index (χ1) is 17.9. The van der Waals surface area contributed by atoms with Crippen LogP contribution in [0.2, 0.25) is 0 Å². The first-order valence-corrected chi connectivity index (χ1v) is 13.1. The Balaban J connectivity index is 1.65. The summed E-state index contributed by atoms with van der Waals surface area (Å²) in [5.41, 5.74) is 3.38. The fraction of sp³-hybridized carbons (Fsp3) is 0.0333. The largest absolute Gasteiger partial charge is 0.343 e. The number of rotatable bonds is 5. The second-order valence-electron chi connectivity index (χ2n) is 8.40. The molecule has 1 saturated heterocycles. The maximum absolute atomic E-state index is 13.7. The Morgan fingerprint density at radius 2 is 1.16 bits per heavy atom. The number of carbonyl (C=O) groups excluding carboxylic acids is 3. The van der Waals surface area contributed by atoms with E-state index >= 15 is 0 Å². The predicted octanol–water partition coefficient (Wildman–Crippen LogP) is 7.39. The quantitative estimate of drug-likeness (QED) is 0.174. The highest BCUT2D eigenvalue weighted by molar-refractivity contribution is 9.10. The lowest BCUT2D eigenvalue weighted by molar-refractivity contribution is -0.121. The molecule has 0 aromatic heterocycles. The van der Waals surface area contributed by atoms with Crippen LogP contribution < -0.4 is 9.80 Å². The van der Waals surface area contributed by atoms with E-state index in [0.717, 1.165) is 29.9 Å². The highest BCUT2D eigenvalue weighted by Gasteiger charge is 2.43. The average molecular weight is 616 g/mol. The maximum atomic E-state index is 13.7. The summed E-state index contributed by atoms with van der Waals surface area (Å²) in [5, 5.41) is 0. The minimum Gasteiger partial charge on any atom is -0.268 e. The Kier molecular flexibility index (Phi) is 7.17. The van der Waals surface area contributed by atoms with Crippen molar-refractivity contribution in [3.63, 3.8) is 0 Å². The first-order valence-electron chi connectivity index (χ1n) is 11.5. The van der Waals surface area contributed by atoms with Crippen molar-refractivity contribution in [3.8, 4) is 0 Å². The lowest BCUT2D eigenvalue weighted by atomic mass is 9.97. The van der Waals surface area contributed by atoms with Crippen molar-refractivity contribution in [2.75, 3.05) is 9.80 Å². The van der Waals surface area contributed by atoms with Crippen LogP contribution in [0.25, 0.3) is 6.08 Å². The highest BCUT2D eigenvalue weighted by atomic mass is 79.9. The number of benzene rings is 4. The van der Waals surface area contributed by atoms with Gasteiger partial charge in [0.15, 0.2) is 0 Å². The van der Waals surface area contributed by atoms with Crippen LogP contribution in [0.15, 0.2) is 118 Å². The number of anilines is 2. The molecule has 0 saturated carbocycles. The van der Waals surface area contributed by atoms with E-state index in [1.807, 2.05) is 42.5 Å². The van der Waals surface area contributed by atoms with Crippen molar-refractivity contribution in [2.24, 2.45) is 0 Å². The molecule has 5 nitrogen and oxygen atoms in total. The average Bonchev–Trinajstić information content (AvgIpc) is 2.90. The minimum atomic E-state index is -0.716. The Hall–Kier alpha value is -3.81. The number of hydrogen-bond acceptors (Lipinski definition) is 3. The second-order valence-corrected chi connectivity index (χ2v) is 10.2. The molecule has 1 aliphatic heterocycles. The van der Waals surface area contributed by atoms with Gasteiger partial charge in [-0.2, -0.15) is 0 Å². The lowest BCUT2D eigenvalue weighted by Gasteiger charge is -2.34. The van der Waals surface area contributed by atoms with Crippen molar-refractivity contribution in [3.05, 3.63) is 134 Å². The summed E-state index contributed by atoms with van der Waals surface area (Å²) in [6, 6.07) is 30.2. The van der Waals surface area contributed by atoms with Crippen LogP contribution in [0, 0.1) is 0 Å². The Labute approximate surface area is 231 Å². The van der Waals surface area contributed by atoms with Gasteiger partial charge in [0.05, 0.1) is 11.4 Å². The number of halogens is 2. The summed E-state index contributed by atoms with van der Waals surface area (Å²) in [6.07, 6.45) is 2.17. The normalized spacial score (nSPS) is 13.8. The molecule has 5 rings (SSSR count). The van der Waals surface area contributed by atoms with Crippen molar-refractivity contribution in [1.29, 1.82) is 0 Å². The molecular formula is C30H20Br2N2O3. The molecule has 37 heavy (non-hydrogen) atoms. The van der Waals surface area contributed by atoms with Gasteiger partial charge in [-0.3, -0.25) is 9.59 Å². The van der Waals surface area contributed by atoms with E-state index in [0.29, 0.717) is 23.4 Å². The summed E-state index contributed by atoms with van der Waals surface area (Å²) in [5.74, 6) is -1.33. The molecule has 1 heterocycles. The van der Waals surface area contributed by atoms with Gasteiger partial charge in [0, 0.05) is 8.95 Å². The van der Waals surface area contributed by atoms with Gasteiger partial charge < -0.3 is 0 Å². The molecule has 0 unspecified atom stereocenters. The summed E-state index contributed by atoms with van der Waals surface area (Å²) >= 11 is 7.12. The van der Waals surface area contributed by atoms with Gasteiger partial charge in [0.1, 0.15) is 5.57 Å². The van der Waals surface area contributed by atoms with Gasteiger partial charge in [0.2, 0.25) is 0 Å². The van der Waals surface area contributed by atoms with Crippen LogP contribution in [-0.2, 0) is 16.0 Å². The van der Waals surface area contributed by atoms with Crippen LogP contribution >= 0.6 is 31.9 Å². The topological polar surface area (TPSA) is 57.7 Å². The molecule has 0 bridgehead atoms. The van der Waals surface area contributed by atoms with Crippen molar-refractivity contribution in [1.82, 2.24) is 0 Å². The predicted molar refractivity (Wildman–Crippen MR) is 152 cm³/mol. The Morgan fingerprint density at radius 3 is 1.73 bits per heavy atom. The van der Waals surface area contributed by atoms with Crippen LogP contribution in [0.4, 0.5) is 16.2 Å². The van der Waals surface area contributed by atoms with Gasteiger partial charge in [0.25, 0.3) is 11.8 Å². The minimum absolute atomic E-state index is 0.0983. The smallest absolute Gasteiger partial charge is 0.268 e. The third-order valence-electron chi connectivity index (χ3n) is 6.02. The summed E-state index contributed by atoms with van der Waals surface area (Å²) in [7, 11) is 0. The van der Waals surface area contributed by atoms with E-state index in [4.69, 9.17) is 0 Å². The second kappa shape index (κ2) is 10.7. The zero-order valence-corrected chi connectivity index (χ0v) is 22.6. The lowest BCUT2D eigenvalue weighted by Crippen LogP contribution is -2.57. The molecule has 182 valence electrons. The van der Waals surface area contributed by atoms with Crippen molar-refractivity contribution < 1.29 is 14.4 Å². The maximum Gasteiger partial charge on any atom is 0.343 e. The molecule has 1 fully saturated rings. The van der Waals surface area contributed by atoms with Crippen LogP contribution in [0.1, 0.15) is 16.7 Å². The summed E-state index contributed by atoms with van der Waals surface area (Å²) in [6.45, 7) is 0. The van der Waals surface area contributed by atoms with Crippen LogP contribution in [0.5, 0.6) is 0 Å². The van der Waals surface area contributed by atoms with Gasteiger partial charge in [-0.25, -0.2) is 14.6 Å². The third kappa shape index (κ3) is 5.05. The zero-order valence-electron chi connectivity index (χ0n) is 19.5. The summed E-state index contributed by atoms with van der Waals surface area (Å²) < 4.78 is 1.78. The number of para-hydroxylation sites is 2. The number of nitrogens with zero attached hydrogens (tertiary/aromatic N) is 2. The fourth-order valence-corrected chi connectivity index (χ4v) is 5.01. The van der Waals surface area contributed by atoms with E-state index < -0.39 is 17.8 Å². The Bertz CT molecular complexity index is 1470. The van der Waals surface area contributed by atoms with Crippen LogP contribution in [0.3, 0.4) is 0 Å². The fourth-order valence-electron chi connectivity index (χ4n) is 4.20. The SMILES string of the molecule is O=C1C(=Cc2cc(Br)ccc2Cc2ccccc2Br)C(=O)N(c2ccccc2)C(=O)N1c1ccccc1. The van der Waals surface area contributed by atoms with E-state index in [-0.39, 0.29) is 5.57 Å². The molecule has 0 N–H and O–H groups in total. The van der Waals surface area contributed by atoms with E-state index in [9.17, 15) is 14.4 Å². The number of amides is 4. The molecule has 4 amide bonds. The molecule has 7 heteroatoms. The standard InChI is InChI=1S/C30H20Br2N2O3/c31-23-16-15-20(17-21-9-7-8-14-27(21)32)22(18-23)19-26-28(35)33(24-10-3-1-4-11-24)30(37)34(29(26)36)25-12-5-2-6-13-25/h1-16,18-19H,17H2. The zero-order chi connectivity index (χ0) is 25.9. The van der Waals surface area contributed by atoms with E-state index in [1.165, 1.54) is 0 Å². The highest BCUT2D eigenvalue weighted by Crippen LogP contribution is 2.31. The Morgan fingerprint density at radius 1 is 0.622 bits per heavy atom. The monoisotopic (exact) mass is 614 g/mol. The van der Waals surface area contributed by atoms with Gasteiger partial charge >= 0.3 is 6.03 Å². The molecule has 0 spiro atoms. The molecule has 0 atom stereocenters. The van der Waals surface area contributed by atoms with Crippen LogP contribution in [-0.4, -0.2) is 17.8 Å². The van der Waals surface area contributed by atoms with Crippen molar-refractivity contribution >= 4 is 67.2 Å².